The molecule has 1 N–H and O–H groups in total. The van der Waals surface area contributed by atoms with Crippen molar-refractivity contribution in [1.29, 1.82) is 0 Å². The molecule has 5 heteroatoms. The van der Waals surface area contributed by atoms with Crippen LogP contribution in [0.25, 0.3) is 11.0 Å². The maximum Gasteiger partial charge on any atom is 0.336 e. The van der Waals surface area contributed by atoms with E-state index in [-0.39, 0.29) is 11.4 Å². The van der Waals surface area contributed by atoms with Gasteiger partial charge in [0.2, 0.25) is 0 Å². The van der Waals surface area contributed by atoms with Crippen molar-refractivity contribution in [3.63, 3.8) is 0 Å². The van der Waals surface area contributed by atoms with E-state index in [0.717, 1.165) is 20.3 Å². The fourth-order valence-electron chi connectivity index (χ4n) is 2.03. The van der Waals surface area contributed by atoms with Gasteiger partial charge in [0.1, 0.15) is 11.3 Å². The highest BCUT2D eigenvalue weighted by Gasteiger charge is 2.07. The second-order valence-electron chi connectivity index (χ2n) is 4.51. The van der Waals surface area contributed by atoms with Gasteiger partial charge < -0.3 is 9.52 Å². The minimum absolute atomic E-state index is 0.245. The zero-order valence-corrected chi connectivity index (χ0v) is 13.3. The summed E-state index contributed by atoms with van der Waals surface area (Å²) in [7, 11) is 0. The Morgan fingerprint density at radius 2 is 1.86 bits per heavy atom. The lowest BCUT2D eigenvalue weighted by Gasteiger charge is -2.06. The van der Waals surface area contributed by atoms with E-state index in [4.69, 9.17) is 4.42 Å². The summed E-state index contributed by atoms with van der Waals surface area (Å²) < 4.78 is 6.10. The number of benzene rings is 2. The zero-order chi connectivity index (χ0) is 14.8. The number of fused-ring (bicyclic) bond motifs is 1. The number of rotatable bonds is 3. The van der Waals surface area contributed by atoms with Crippen molar-refractivity contribution < 1.29 is 9.52 Å². The van der Waals surface area contributed by atoms with Crippen LogP contribution in [0.2, 0.25) is 0 Å². The summed E-state index contributed by atoms with van der Waals surface area (Å²) in [5.74, 6) is 0.907. The smallest absolute Gasteiger partial charge is 0.336 e. The Labute approximate surface area is 133 Å². The van der Waals surface area contributed by atoms with Crippen molar-refractivity contribution in [3.8, 4) is 5.75 Å². The second kappa shape index (κ2) is 5.95. The zero-order valence-electron chi connectivity index (χ0n) is 10.9. The first kappa shape index (κ1) is 14.2. The Morgan fingerprint density at radius 1 is 1.10 bits per heavy atom. The second-order valence-corrected chi connectivity index (χ2v) is 6.48. The fraction of sp³-hybridized carbons (Fsp3) is 0.0625. The molecule has 3 nitrogen and oxygen atoms in total. The van der Waals surface area contributed by atoms with Crippen LogP contribution in [-0.2, 0) is 5.75 Å². The SMILES string of the molecule is O=c1cc(CSc2ccc(O)cc2)c2ccc(Br)cc2o1. The molecule has 1 aromatic heterocycles. The number of halogens is 1. The monoisotopic (exact) mass is 362 g/mol. The lowest BCUT2D eigenvalue weighted by atomic mass is 10.1. The first-order chi connectivity index (χ1) is 10.1. The first-order valence-electron chi connectivity index (χ1n) is 6.26. The average Bonchev–Trinajstić information content (AvgIpc) is 2.45. The van der Waals surface area contributed by atoms with Crippen molar-refractivity contribution in [2.45, 2.75) is 10.6 Å². The molecular weight excluding hydrogens is 352 g/mol. The maximum absolute atomic E-state index is 11.6. The molecule has 0 unspecified atom stereocenters. The highest BCUT2D eigenvalue weighted by atomic mass is 79.9. The summed E-state index contributed by atoms with van der Waals surface area (Å²) in [6.07, 6.45) is 0. The van der Waals surface area contributed by atoms with Gasteiger partial charge in [-0.1, -0.05) is 15.9 Å². The molecule has 2 aromatic carbocycles. The Bertz CT molecular complexity index is 840. The van der Waals surface area contributed by atoms with Gasteiger partial charge in [-0.3, -0.25) is 0 Å². The lowest BCUT2D eigenvalue weighted by molar-refractivity contribution is 0.475. The quantitative estimate of drug-likeness (QED) is 0.548. The normalized spacial score (nSPS) is 10.9. The number of thioether (sulfide) groups is 1. The molecule has 3 aromatic rings. The molecule has 3 rings (SSSR count). The minimum atomic E-state index is -0.345. The van der Waals surface area contributed by atoms with E-state index in [1.165, 1.54) is 6.07 Å². The van der Waals surface area contributed by atoms with E-state index in [0.29, 0.717) is 11.3 Å². The lowest BCUT2D eigenvalue weighted by Crippen LogP contribution is -1.99. The number of hydrogen-bond acceptors (Lipinski definition) is 4. The largest absolute Gasteiger partial charge is 0.508 e. The summed E-state index contributed by atoms with van der Waals surface area (Å²) in [6, 6.07) is 14.2. The van der Waals surface area contributed by atoms with Gasteiger partial charge in [0.25, 0.3) is 0 Å². The van der Waals surface area contributed by atoms with E-state index in [2.05, 4.69) is 15.9 Å². The van der Waals surface area contributed by atoms with Crippen molar-refractivity contribution in [2.24, 2.45) is 0 Å². The van der Waals surface area contributed by atoms with Crippen molar-refractivity contribution in [2.75, 3.05) is 0 Å². The molecule has 0 spiro atoms. The van der Waals surface area contributed by atoms with E-state index < -0.39 is 0 Å². The number of phenolic OH excluding ortho intramolecular Hbond substituents is 1. The molecule has 0 bridgehead atoms. The Morgan fingerprint density at radius 3 is 2.62 bits per heavy atom. The standard InChI is InChI=1S/C16H11BrO3S/c17-11-1-6-14-10(7-16(19)20-15(14)8-11)9-21-13-4-2-12(18)3-5-13/h1-8,18H,9H2. The molecule has 0 saturated carbocycles. The van der Waals surface area contributed by atoms with Crippen molar-refractivity contribution >= 4 is 38.7 Å². The van der Waals surface area contributed by atoms with E-state index in [9.17, 15) is 9.90 Å². The molecular formula is C16H11BrO3S. The molecule has 0 atom stereocenters. The molecule has 0 radical (unpaired) electrons. The van der Waals surface area contributed by atoms with Crippen LogP contribution < -0.4 is 5.63 Å². The molecule has 0 amide bonds. The Hall–Kier alpha value is -1.72. The van der Waals surface area contributed by atoms with Crippen molar-refractivity contribution in [1.82, 2.24) is 0 Å². The number of phenols is 1. The molecule has 0 saturated heterocycles. The topological polar surface area (TPSA) is 50.4 Å². The number of aromatic hydroxyl groups is 1. The van der Waals surface area contributed by atoms with Crippen LogP contribution in [0.1, 0.15) is 5.56 Å². The van der Waals surface area contributed by atoms with Gasteiger partial charge >= 0.3 is 5.63 Å². The van der Waals surface area contributed by atoms with Crippen LogP contribution in [0.15, 0.2) is 67.1 Å². The van der Waals surface area contributed by atoms with Crippen LogP contribution in [0.5, 0.6) is 5.75 Å². The van der Waals surface area contributed by atoms with E-state index >= 15 is 0 Å². The Balaban J connectivity index is 1.93. The highest BCUT2D eigenvalue weighted by molar-refractivity contribution is 9.10. The predicted octanol–water partition coefficient (Wildman–Crippen LogP) is 4.55. The average molecular weight is 363 g/mol. The highest BCUT2D eigenvalue weighted by Crippen LogP contribution is 2.28. The predicted molar refractivity (Wildman–Crippen MR) is 87.9 cm³/mol. The van der Waals surface area contributed by atoms with Gasteiger partial charge in [0, 0.05) is 26.6 Å². The van der Waals surface area contributed by atoms with Gasteiger partial charge in [-0.05, 0) is 48.0 Å². The maximum atomic E-state index is 11.6. The summed E-state index contributed by atoms with van der Waals surface area (Å²) in [4.78, 5) is 12.7. The molecule has 0 aliphatic heterocycles. The van der Waals surface area contributed by atoms with Gasteiger partial charge in [-0.25, -0.2) is 4.79 Å². The van der Waals surface area contributed by atoms with Crippen molar-refractivity contribution in [3.05, 3.63) is 69.0 Å². The first-order valence-corrected chi connectivity index (χ1v) is 8.04. The van der Waals surface area contributed by atoms with Crippen LogP contribution in [0.4, 0.5) is 0 Å². The molecule has 21 heavy (non-hydrogen) atoms. The van der Waals surface area contributed by atoms with Crippen LogP contribution >= 0.6 is 27.7 Å². The summed E-state index contributed by atoms with van der Waals surface area (Å²) in [5, 5.41) is 10.2. The summed E-state index contributed by atoms with van der Waals surface area (Å²) in [5.41, 5.74) is 1.17. The fourth-order valence-corrected chi connectivity index (χ4v) is 3.26. The third kappa shape index (κ3) is 3.31. The molecule has 106 valence electrons. The van der Waals surface area contributed by atoms with Crippen LogP contribution in [0.3, 0.4) is 0 Å². The van der Waals surface area contributed by atoms with Crippen LogP contribution in [0, 0.1) is 0 Å². The van der Waals surface area contributed by atoms with E-state index in [1.807, 2.05) is 24.3 Å². The molecule has 0 aliphatic carbocycles. The van der Waals surface area contributed by atoms with Gasteiger partial charge in [-0.15, -0.1) is 11.8 Å². The molecule has 0 fully saturated rings. The molecule has 0 aliphatic rings. The minimum Gasteiger partial charge on any atom is -0.508 e. The van der Waals surface area contributed by atoms with E-state index in [1.54, 1.807) is 30.0 Å². The van der Waals surface area contributed by atoms with Crippen LogP contribution in [-0.4, -0.2) is 5.11 Å². The summed E-state index contributed by atoms with van der Waals surface area (Å²) >= 11 is 4.98. The third-order valence-corrected chi connectivity index (χ3v) is 4.58. The van der Waals surface area contributed by atoms with Gasteiger partial charge in [0.05, 0.1) is 0 Å². The van der Waals surface area contributed by atoms with Gasteiger partial charge in [-0.2, -0.15) is 0 Å². The number of hydrogen-bond donors (Lipinski definition) is 1. The third-order valence-electron chi connectivity index (χ3n) is 3.02. The molecule has 1 heterocycles. The van der Waals surface area contributed by atoms with Gasteiger partial charge in [0.15, 0.2) is 0 Å². The Kier molecular flexibility index (Phi) is 4.03. The summed E-state index contributed by atoms with van der Waals surface area (Å²) in [6.45, 7) is 0.